The highest BCUT2D eigenvalue weighted by Crippen LogP contribution is 2.31. The maximum atomic E-state index is 11.6. The van der Waals surface area contributed by atoms with Crippen LogP contribution in [0.3, 0.4) is 0 Å². The molecular weight excluding hydrogens is 314 g/mol. The Balaban J connectivity index is 3.11. The Morgan fingerprint density at radius 2 is 2.00 bits per heavy atom. The summed E-state index contributed by atoms with van der Waals surface area (Å²) in [6.07, 6.45) is 1.93. The van der Waals surface area contributed by atoms with Crippen molar-refractivity contribution in [3.8, 4) is 0 Å². The molecule has 7 heteroatoms. The number of ether oxygens (including phenoxy) is 1. The number of carboxylic acids is 1. The van der Waals surface area contributed by atoms with Crippen molar-refractivity contribution in [1.29, 1.82) is 0 Å². The number of nitrogens with one attached hydrogen (secondary N) is 1. The third-order valence-corrected chi connectivity index (χ3v) is 4.40. The summed E-state index contributed by atoms with van der Waals surface area (Å²) in [5.74, 6) is -1.60. The zero-order valence-corrected chi connectivity index (χ0v) is 14.6. The Bertz CT molecular complexity index is 460. The number of aliphatic hydroxyl groups excluding tert-OH is 2. The number of carbonyl (C=O) groups excluding carboxylic acids is 1. The van der Waals surface area contributed by atoms with Crippen molar-refractivity contribution in [2.75, 3.05) is 6.61 Å². The molecule has 138 valence electrons. The van der Waals surface area contributed by atoms with E-state index >= 15 is 0 Å². The average Bonchev–Trinajstić information content (AvgIpc) is 2.53. The van der Waals surface area contributed by atoms with E-state index < -0.39 is 30.8 Å². The van der Waals surface area contributed by atoms with E-state index in [0.717, 1.165) is 12.8 Å². The number of aliphatic carboxylic acids is 1. The van der Waals surface area contributed by atoms with Crippen LogP contribution in [0.4, 0.5) is 0 Å². The predicted octanol–water partition coefficient (Wildman–Crippen LogP) is 0.839. The van der Waals surface area contributed by atoms with Gasteiger partial charge in [-0.05, 0) is 37.7 Å². The van der Waals surface area contributed by atoms with Crippen LogP contribution in [-0.4, -0.2) is 58.2 Å². The molecule has 0 radical (unpaired) electrons. The number of carboxylic acid groups (broad SMARTS) is 1. The minimum Gasteiger partial charge on any atom is -0.478 e. The molecule has 1 aliphatic carbocycles. The molecule has 0 fully saturated rings. The quantitative estimate of drug-likeness (QED) is 0.493. The second-order valence-electron chi connectivity index (χ2n) is 6.30. The number of rotatable bonds is 9. The molecule has 0 saturated carbocycles. The predicted molar refractivity (Wildman–Crippen MR) is 88.4 cm³/mol. The summed E-state index contributed by atoms with van der Waals surface area (Å²) in [5, 5.41) is 31.1. The van der Waals surface area contributed by atoms with Gasteiger partial charge in [0.05, 0.1) is 31.0 Å². The molecule has 4 atom stereocenters. The fraction of sp³-hybridized carbons (Fsp3) is 0.765. The molecule has 1 rings (SSSR count). The van der Waals surface area contributed by atoms with Gasteiger partial charge in [0, 0.05) is 12.5 Å². The maximum Gasteiger partial charge on any atom is 0.331 e. The number of carbonyl (C=O) groups is 2. The topological polar surface area (TPSA) is 116 Å². The van der Waals surface area contributed by atoms with Gasteiger partial charge in [0.15, 0.2) is 0 Å². The number of amides is 1. The van der Waals surface area contributed by atoms with Crippen molar-refractivity contribution in [2.24, 2.45) is 5.92 Å². The molecule has 0 heterocycles. The average molecular weight is 343 g/mol. The first-order valence-electron chi connectivity index (χ1n) is 8.47. The van der Waals surface area contributed by atoms with E-state index in [-0.39, 0.29) is 36.3 Å². The van der Waals surface area contributed by atoms with Gasteiger partial charge < -0.3 is 25.4 Å². The smallest absolute Gasteiger partial charge is 0.331 e. The van der Waals surface area contributed by atoms with Crippen LogP contribution in [0.25, 0.3) is 0 Å². The van der Waals surface area contributed by atoms with Gasteiger partial charge in [0.2, 0.25) is 5.91 Å². The van der Waals surface area contributed by atoms with Crippen molar-refractivity contribution < 1.29 is 29.6 Å². The third kappa shape index (κ3) is 5.89. The Morgan fingerprint density at radius 1 is 1.38 bits per heavy atom. The van der Waals surface area contributed by atoms with Crippen molar-refractivity contribution in [3.63, 3.8) is 0 Å². The van der Waals surface area contributed by atoms with Crippen LogP contribution >= 0.6 is 0 Å². The summed E-state index contributed by atoms with van der Waals surface area (Å²) in [4.78, 5) is 23.0. The van der Waals surface area contributed by atoms with Crippen molar-refractivity contribution >= 4 is 11.9 Å². The molecule has 7 nitrogen and oxygen atoms in total. The van der Waals surface area contributed by atoms with Gasteiger partial charge in [0.1, 0.15) is 0 Å². The third-order valence-electron chi connectivity index (χ3n) is 4.40. The first-order valence-corrected chi connectivity index (χ1v) is 8.47. The largest absolute Gasteiger partial charge is 0.478 e. The molecule has 0 aliphatic heterocycles. The number of aliphatic hydroxyl groups is 2. The van der Waals surface area contributed by atoms with Crippen molar-refractivity contribution in [1.82, 2.24) is 5.32 Å². The molecule has 1 unspecified atom stereocenters. The molecular formula is C17H29NO6. The summed E-state index contributed by atoms with van der Waals surface area (Å²) in [5.41, 5.74) is 0.211. The van der Waals surface area contributed by atoms with Gasteiger partial charge in [-0.2, -0.15) is 0 Å². The van der Waals surface area contributed by atoms with Gasteiger partial charge >= 0.3 is 5.97 Å². The van der Waals surface area contributed by atoms with Crippen molar-refractivity contribution in [2.45, 2.75) is 70.8 Å². The normalized spacial score (nSPS) is 25.2. The highest BCUT2D eigenvalue weighted by atomic mass is 16.5. The molecule has 24 heavy (non-hydrogen) atoms. The molecule has 1 aliphatic rings. The van der Waals surface area contributed by atoms with Gasteiger partial charge in [-0.1, -0.05) is 13.8 Å². The van der Waals surface area contributed by atoms with E-state index in [2.05, 4.69) is 5.32 Å². The number of hydrogen-bond donors (Lipinski definition) is 4. The molecule has 0 aromatic carbocycles. The Morgan fingerprint density at radius 3 is 2.46 bits per heavy atom. The lowest BCUT2D eigenvalue weighted by atomic mass is 9.79. The maximum absolute atomic E-state index is 11.6. The lowest BCUT2D eigenvalue weighted by molar-refractivity contribution is -0.133. The van der Waals surface area contributed by atoms with Crippen molar-refractivity contribution in [3.05, 3.63) is 11.6 Å². The monoisotopic (exact) mass is 343 g/mol. The van der Waals surface area contributed by atoms with Gasteiger partial charge in [-0.15, -0.1) is 0 Å². The van der Waals surface area contributed by atoms with Gasteiger partial charge in [0.25, 0.3) is 0 Å². The lowest BCUT2D eigenvalue weighted by Crippen LogP contribution is -2.52. The molecule has 0 aromatic rings. The first kappa shape index (κ1) is 20.6. The molecule has 0 saturated heterocycles. The summed E-state index contributed by atoms with van der Waals surface area (Å²) in [7, 11) is 0. The van der Waals surface area contributed by atoms with Gasteiger partial charge in [-0.25, -0.2) is 4.79 Å². The first-order chi connectivity index (χ1) is 11.3. The molecule has 0 bridgehead atoms. The second kappa shape index (κ2) is 9.76. The minimum atomic E-state index is -1.03. The highest BCUT2D eigenvalue weighted by Gasteiger charge is 2.38. The summed E-state index contributed by atoms with van der Waals surface area (Å²) < 4.78 is 6.03. The van der Waals surface area contributed by atoms with E-state index in [0.29, 0.717) is 0 Å². The molecule has 4 N–H and O–H groups in total. The standard InChI is InChI=1S/C17H29NO6/c1-4-14(5-2)24-15-8-12(17(22)23)6-11(7-13(21)9-19)16(15)18-10(3)20/h8,11,13-16,19,21H,4-7,9H2,1-3H3,(H,18,20)(H,22,23)/t11-,13?,15-,16-/m1/s1. The Hall–Kier alpha value is -1.44. The summed E-state index contributed by atoms with van der Waals surface area (Å²) in [6, 6.07) is -0.438. The van der Waals surface area contributed by atoms with E-state index in [1.165, 1.54) is 6.92 Å². The Kier molecular flexibility index (Phi) is 8.38. The minimum absolute atomic E-state index is 0.0425. The van der Waals surface area contributed by atoms with E-state index in [4.69, 9.17) is 9.84 Å². The lowest BCUT2D eigenvalue weighted by Gasteiger charge is -2.38. The van der Waals surface area contributed by atoms with E-state index in [1.807, 2.05) is 13.8 Å². The zero-order chi connectivity index (χ0) is 18.3. The van der Waals surface area contributed by atoms with Crippen LogP contribution in [0, 0.1) is 5.92 Å². The Labute approximate surface area is 142 Å². The second-order valence-corrected chi connectivity index (χ2v) is 6.30. The van der Waals surface area contributed by atoms with Crippen LogP contribution in [0.15, 0.2) is 11.6 Å². The fourth-order valence-corrected chi connectivity index (χ4v) is 3.12. The van der Waals surface area contributed by atoms with Crippen LogP contribution in [0.1, 0.15) is 46.5 Å². The van der Waals surface area contributed by atoms with Gasteiger partial charge in [-0.3, -0.25) is 4.79 Å². The molecule has 1 amide bonds. The van der Waals surface area contributed by atoms with E-state index in [9.17, 15) is 19.8 Å². The van der Waals surface area contributed by atoms with Crippen LogP contribution < -0.4 is 5.32 Å². The molecule has 0 spiro atoms. The summed E-state index contributed by atoms with van der Waals surface area (Å²) in [6.45, 7) is 4.95. The van der Waals surface area contributed by atoms with Crippen LogP contribution in [-0.2, 0) is 14.3 Å². The number of hydrogen-bond acceptors (Lipinski definition) is 5. The zero-order valence-electron chi connectivity index (χ0n) is 14.6. The van der Waals surface area contributed by atoms with Crippen LogP contribution in [0.5, 0.6) is 0 Å². The summed E-state index contributed by atoms with van der Waals surface area (Å²) >= 11 is 0. The van der Waals surface area contributed by atoms with E-state index in [1.54, 1.807) is 6.08 Å². The SMILES string of the molecule is CCC(CC)O[C@@H]1C=C(C(=O)O)C[C@H](CC(O)CO)[C@H]1NC(C)=O. The molecule has 0 aromatic heterocycles. The van der Waals surface area contributed by atoms with Crippen LogP contribution in [0.2, 0.25) is 0 Å². The highest BCUT2D eigenvalue weighted by molar-refractivity contribution is 5.87. The fourth-order valence-electron chi connectivity index (χ4n) is 3.12.